The van der Waals surface area contributed by atoms with Gasteiger partial charge in [-0.15, -0.1) is 0 Å². The van der Waals surface area contributed by atoms with E-state index in [1.807, 2.05) is 0 Å². The summed E-state index contributed by atoms with van der Waals surface area (Å²) in [5.41, 5.74) is 6.91. The SMILES string of the molecule is C/C(=C\CCN)CC1CC1. The van der Waals surface area contributed by atoms with E-state index in [2.05, 4.69) is 13.0 Å². The van der Waals surface area contributed by atoms with Gasteiger partial charge in [0.1, 0.15) is 0 Å². The fourth-order valence-electron chi connectivity index (χ4n) is 1.19. The van der Waals surface area contributed by atoms with Gasteiger partial charge in [0.2, 0.25) is 0 Å². The van der Waals surface area contributed by atoms with Crippen molar-refractivity contribution in [3.05, 3.63) is 11.6 Å². The van der Waals surface area contributed by atoms with Crippen molar-refractivity contribution < 1.29 is 0 Å². The molecule has 0 aliphatic heterocycles. The Kier molecular flexibility index (Phi) is 2.94. The van der Waals surface area contributed by atoms with Crippen LogP contribution in [0.1, 0.15) is 32.6 Å². The molecule has 0 aromatic carbocycles. The molecular formula is C9H17N. The fourth-order valence-corrected chi connectivity index (χ4v) is 1.19. The van der Waals surface area contributed by atoms with E-state index in [0.717, 1.165) is 18.9 Å². The quantitative estimate of drug-likeness (QED) is 0.593. The molecule has 0 bridgehead atoms. The highest BCUT2D eigenvalue weighted by molar-refractivity contribution is 5.01. The average Bonchev–Trinajstić information content (AvgIpc) is 2.67. The second kappa shape index (κ2) is 3.77. The van der Waals surface area contributed by atoms with E-state index >= 15 is 0 Å². The number of allylic oxidation sites excluding steroid dienone is 1. The predicted molar refractivity (Wildman–Crippen MR) is 44.8 cm³/mol. The minimum absolute atomic E-state index is 0.794. The molecule has 0 radical (unpaired) electrons. The first kappa shape index (κ1) is 7.80. The van der Waals surface area contributed by atoms with Gasteiger partial charge in [-0.05, 0) is 45.1 Å². The summed E-state index contributed by atoms with van der Waals surface area (Å²) < 4.78 is 0. The molecule has 0 heterocycles. The zero-order valence-electron chi connectivity index (χ0n) is 6.77. The highest BCUT2D eigenvalue weighted by atomic mass is 14.5. The van der Waals surface area contributed by atoms with E-state index < -0.39 is 0 Å². The molecule has 0 spiro atoms. The van der Waals surface area contributed by atoms with Crippen molar-refractivity contribution >= 4 is 0 Å². The van der Waals surface area contributed by atoms with Crippen molar-refractivity contribution in [2.45, 2.75) is 32.6 Å². The van der Waals surface area contributed by atoms with Crippen LogP contribution in [-0.4, -0.2) is 6.54 Å². The van der Waals surface area contributed by atoms with Crippen LogP contribution in [0.4, 0.5) is 0 Å². The average molecular weight is 139 g/mol. The Morgan fingerprint density at radius 3 is 2.80 bits per heavy atom. The molecule has 0 saturated heterocycles. The van der Waals surface area contributed by atoms with Crippen LogP contribution >= 0.6 is 0 Å². The summed E-state index contributed by atoms with van der Waals surface area (Å²) in [7, 11) is 0. The van der Waals surface area contributed by atoms with Gasteiger partial charge in [0.25, 0.3) is 0 Å². The third-order valence-electron chi connectivity index (χ3n) is 1.97. The molecule has 1 nitrogen and oxygen atoms in total. The van der Waals surface area contributed by atoms with Crippen molar-refractivity contribution in [3.8, 4) is 0 Å². The van der Waals surface area contributed by atoms with Crippen molar-refractivity contribution in [1.82, 2.24) is 0 Å². The minimum Gasteiger partial charge on any atom is -0.330 e. The van der Waals surface area contributed by atoms with Crippen LogP contribution < -0.4 is 5.73 Å². The van der Waals surface area contributed by atoms with Crippen LogP contribution in [0.2, 0.25) is 0 Å². The zero-order valence-corrected chi connectivity index (χ0v) is 6.77. The zero-order chi connectivity index (χ0) is 7.40. The van der Waals surface area contributed by atoms with E-state index in [-0.39, 0.29) is 0 Å². The van der Waals surface area contributed by atoms with Crippen molar-refractivity contribution in [3.63, 3.8) is 0 Å². The Labute approximate surface area is 63.3 Å². The Bertz CT molecular complexity index is 123. The predicted octanol–water partition coefficient (Wildman–Crippen LogP) is 2.08. The Hall–Kier alpha value is -0.300. The maximum absolute atomic E-state index is 5.38. The van der Waals surface area contributed by atoms with Gasteiger partial charge in [-0.1, -0.05) is 11.6 Å². The van der Waals surface area contributed by atoms with Gasteiger partial charge in [-0.2, -0.15) is 0 Å². The number of rotatable bonds is 4. The second-order valence-corrected chi connectivity index (χ2v) is 3.28. The summed E-state index contributed by atoms with van der Waals surface area (Å²) in [6.07, 6.45) is 7.55. The number of nitrogens with two attached hydrogens (primary N) is 1. The van der Waals surface area contributed by atoms with Crippen molar-refractivity contribution in [1.29, 1.82) is 0 Å². The van der Waals surface area contributed by atoms with Crippen molar-refractivity contribution in [2.24, 2.45) is 11.7 Å². The lowest BCUT2D eigenvalue weighted by Crippen LogP contribution is -1.96. The first-order valence-corrected chi connectivity index (χ1v) is 4.18. The van der Waals surface area contributed by atoms with E-state index in [9.17, 15) is 0 Å². The van der Waals surface area contributed by atoms with Crippen LogP contribution in [-0.2, 0) is 0 Å². The lowest BCUT2D eigenvalue weighted by atomic mass is 10.1. The maximum atomic E-state index is 5.38. The normalized spacial score (nSPS) is 19.6. The third-order valence-corrected chi connectivity index (χ3v) is 1.97. The lowest BCUT2D eigenvalue weighted by molar-refractivity contribution is 0.811. The summed E-state index contributed by atoms with van der Waals surface area (Å²) in [5, 5.41) is 0. The minimum atomic E-state index is 0.794. The van der Waals surface area contributed by atoms with E-state index in [1.54, 1.807) is 0 Å². The maximum Gasteiger partial charge on any atom is -0.00425 e. The summed E-state index contributed by atoms with van der Waals surface area (Å²) in [6.45, 7) is 3.01. The molecule has 1 saturated carbocycles. The molecule has 0 amide bonds. The molecule has 1 aliphatic rings. The molecule has 10 heavy (non-hydrogen) atoms. The molecule has 0 unspecified atom stereocenters. The van der Waals surface area contributed by atoms with Gasteiger partial charge in [0, 0.05) is 0 Å². The van der Waals surface area contributed by atoms with Crippen LogP contribution in [0, 0.1) is 5.92 Å². The molecule has 2 N–H and O–H groups in total. The molecule has 1 aliphatic carbocycles. The molecule has 0 aromatic rings. The first-order valence-electron chi connectivity index (χ1n) is 4.18. The molecule has 1 heteroatoms. The van der Waals surface area contributed by atoms with Crippen LogP contribution in [0.15, 0.2) is 11.6 Å². The van der Waals surface area contributed by atoms with Gasteiger partial charge in [-0.3, -0.25) is 0 Å². The molecular weight excluding hydrogens is 122 g/mol. The number of hydrogen-bond donors (Lipinski definition) is 1. The smallest absolute Gasteiger partial charge is 0.00425 e. The Morgan fingerprint density at radius 1 is 1.60 bits per heavy atom. The molecule has 0 atom stereocenters. The third kappa shape index (κ3) is 3.02. The van der Waals surface area contributed by atoms with E-state index in [0.29, 0.717) is 0 Å². The summed E-state index contributed by atoms with van der Waals surface area (Å²) in [6, 6.07) is 0. The number of hydrogen-bond acceptors (Lipinski definition) is 1. The van der Waals surface area contributed by atoms with Gasteiger partial charge in [0.15, 0.2) is 0 Å². The molecule has 1 fully saturated rings. The largest absolute Gasteiger partial charge is 0.330 e. The van der Waals surface area contributed by atoms with Crippen LogP contribution in [0.25, 0.3) is 0 Å². The highest BCUT2D eigenvalue weighted by Gasteiger charge is 2.20. The van der Waals surface area contributed by atoms with Crippen molar-refractivity contribution in [2.75, 3.05) is 6.54 Å². The van der Waals surface area contributed by atoms with Gasteiger partial charge >= 0.3 is 0 Å². The summed E-state index contributed by atoms with van der Waals surface area (Å²) >= 11 is 0. The molecule has 58 valence electrons. The highest BCUT2D eigenvalue weighted by Crippen LogP contribution is 2.34. The van der Waals surface area contributed by atoms with E-state index in [1.165, 1.54) is 24.8 Å². The van der Waals surface area contributed by atoms with E-state index in [4.69, 9.17) is 5.73 Å². The molecule has 0 aromatic heterocycles. The first-order chi connectivity index (χ1) is 4.83. The summed E-state index contributed by atoms with van der Waals surface area (Å²) in [5.74, 6) is 1.02. The van der Waals surface area contributed by atoms with Gasteiger partial charge in [0.05, 0.1) is 0 Å². The monoisotopic (exact) mass is 139 g/mol. The van der Waals surface area contributed by atoms with Gasteiger partial charge < -0.3 is 5.73 Å². The van der Waals surface area contributed by atoms with Crippen LogP contribution in [0.3, 0.4) is 0 Å². The molecule has 1 rings (SSSR count). The summed E-state index contributed by atoms with van der Waals surface area (Å²) in [4.78, 5) is 0. The topological polar surface area (TPSA) is 26.0 Å². The lowest BCUT2D eigenvalue weighted by Gasteiger charge is -1.96. The standard InChI is InChI=1S/C9H17N/c1-8(3-2-6-10)7-9-4-5-9/h3,9H,2,4-7,10H2,1H3/b8-3+. The Morgan fingerprint density at radius 2 is 2.30 bits per heavy atom. The van der Waals surface area contributed by atoms with Crippen LogP contribution in [0.5, 0.6) is 0 Å². The Balaban J connectivity index is 2.11. The fraction of sp³-hybridized carbons (Fsp3) is 0.778. The van der Waals surface area contributed by atoms with Gasteiger partial charge in [-0.25, -0.2) is 0 Å². The second-order valence-electron chi connectivity index (χ2n) is 3.28.